The van der Waals surface area contributed by atoms with Crippen molar-refractivity contribution >= 4 is 33.4 Å². The third kappa shape index (κ3) is 3.96. The molecule has 0 saturated heterocycles. The van der Waals surface area contributed by atoms with E-state index in [1.165, 1.54) is 19.3 Å². The van der Waals surface area contributed by atoms with E-state index in [9.17, 15) is 10.1 Å². The summed E-state index contributed by atoms with van der Waals surface area (Å²) < 4.78 is 0.880. The molecule has 1 aliphatic carbocycles. The Labute approximate surface area is 132 Å². The van der Waals surface area contributed by atoms with Crippen LogP contribution in [0.15, 0.2) is 22.7 Å². The van der Waals surface area contributed by atoms with Crippen molar-refractivity contribution in [3.63, 3.8) is 0 Å². The first-order valence-corrected chi connectivity index (χ1v) is 8.73. The molecular weight excluding hydrogens is 340 g/mol. The Kier molecular flexibility index (Phi) is 5.86. The summed E-state index contributed by atoms with van der Waals surface area (Å²) in [6, 6.07) is 5.58. The lowest BCUT2D eigenvalue weighted by Gasteiger charge is -2.20. The molecule has 0 aliphatic heterocycles. The van der Waals surface area contributed by atoms with Crippen LogP contribution >= 0.6 is 27.7 Å². The summed E-state index contributed by atoms with van der Waals surface area (Å²) in [5, 5.41) is 15.2. The maximum absolute atomic E-state index is 11.1. The Morgan fingerprint density at radius 1 is 1.50 bits per heavy atom. The molecule has 1 fully saturated rings. The first kappa shape index (κ1) is 15.8. The Morgan fingerprint density at radius 2 is 2.30 bits per heavy atom. The SMILES string of the molecule is CCSC1CCCC1NCc1cc(Br)ccc1[N+](=O)[O-]. The van der Waals surface area contributed by atoms with Crippen molar-refractivity contribution in [3.05, 3.63) is 38.3 Å². The fraction of sp³-hybridized carbons (Fsp3) is 0.571. The second-order valence-corrected chi connectivity index (χ2v) is 7.37. The second-order valence-electron chi connectivity index (χ2n) is 4.94. The van der Waals surface area contributed by atoms with E-state index in [0.717, 1.165) is 15.8 Å². The average molecular weight is 359 g/mol. The molecule has 0 bridgehead atoms. The number of nitro benzene ring substituents is 1. The van der Waals surface area contributed by atoms with Gasteiger partial charge >= 0.3 is 0 Å². The summed E-state index contributed by atoms with van der Waals surface area (Å²) >= 11 is 5.37. The van der Waals surface area contributed by atoms with Crippen LogP contribution in [-0.4, -0.2) is 22.0 Å². The van der Waals surface area contributed by atoms with Crippen LogP contribution in [0.5, 0.6) is 0 Å². The second kappa shape index (κ2) is 7.43. The first-order chi connectivity index (χ1) is 9.61. The Hall–Kier alpha value is -0.590. The van der Waals surface area contributed by atoms with Gasteiger partial charge in [0.25, 0.3) is 5.69 Å². The zero-order valence-electron chi connectivity index (χ0n) is 11.5. The fourth-order valence-electron chi connectivity index (χ4n) is 2.69. The third-order valence-electron chi connectivity index (χ3n) is 3.63. The lowest BCUT2D eigenvalue weighted by Crippen LogP contribution is -2.33. The van der Waals surface area contributed by atoms with E-state index in [1.807, 2.05) is 17.8 Å². The standard InChI is InChI=1S/C14H19BrN2O2S/c1-2-20-14-5-3-4-12(14)16-9-10-8-11(15)6-7-13(10)17(18)19/h6-8,12,14,16H,2-5,9H2,1H3. The van der Waals surface area contributed by atoms with Gasteiger partial charge in [-0.05, 0) is 30.7 Å². The van der Waals surface area contributed by atoms with Crippen LogP contribution in [0, 0.1) is 10.1 Å². The van der Waals surface area contributed by atoms with Crippen molar-refractivity contribution < 1.29 is 4.92 Å². The fourth-order valence-corrected chi connectivity index (χ4v) is 4.32. The lowest BCUT2D eigenvalue weighted by atomic mass is 10.1. The van der Waals surface area contributed by atoms with Gasteiger partial charge in [-0.3, -0.25) is 10.1 Å². The number of hydrogen-bond donors (Lipinski definition) is 1. The summed E-state index contributed by atoms with van der Waals surface area (Å²) in [6.07, 6.45) is 3.66. The van der Waals surface area contributed by atoms with Gasteiger partial charge in [0.2, 0.25) is 0 Å². The Bertz CT molecular complexity index is 484. The normalized spacial score (nSPS) is 22.1. The van der Waals surface area contributed by atoms with E-state index in [2.05, 4.69) is 28.2 Å². The van der Waals surface area contributed by atoms with Crippen LogP contribution in [0.25, 0.3) is 0 Å². The molecule has 0 radical (unpaired) electrons. The maximum atomic E-state index is 11.1. The highest BCUT2D eigenvalue weighted by Crippen LogP contribution is 2.30. The van der Waals surface area contributed by atoms with Gasteiger partial charge in [0.05, 0.1) is 4.92 Å². The first-order valence-electron chi connectivity index (χ1n) is 6.89. The van der Waals surface area contributed by atoms with Crippen LogP contribution in [0.3, 0.4) is 0 Å². The molecule has 1 aromatic carbocycles. The van der Waals surface area contributed by atoms with Gasteiger partial charge in [-0.2, -0.15) is 11.8 Å². The number of nitrogens with zero attached hydrogens (tertiary/aromatic N) is 1. The Balaban J connectivity index is 2.03. The number of rotatable bonds is 6. The van der Waals surface area contributed by atoms with E-state index in [1.54, 1.807) is 12.1 Å². The van der Waals surface area contributed by atoms with Gasteiger partial charge < -0.3 is 5.32 Å². The van der Waals surface area contributed by atoms with E-state index in [0.29, 0.717) is 17.8 Å². The van der Waals surface area contributed by atoms with Gasteiger partial charge in [0, 0.05) is 33.9 Å². The molecule has 0 aromatic heterocycles. The number of nitro groups is 1. The zero-order chi connectivity index (χ0) is 14.5. The minimum absolute atomic E-state index is 0.193. The third-order valence-corrected chi connectivity index (χ3v) is 5.45. The van der Waals surface area contributed by atoms with Gasteiger partial charge in [0.15, 0.2) is 0 Å². The summed E-state index contributed by atoms with van der Waals surface area (Å²) in [4.78, 5) is 10.7. The molecule has 20 heavy (non-hydrogen) atoms. The molecule has 0 amide bonds. The molecule has 2 unspecified atom stereocenters. The number of hydrogen-bond acceptors (Lipinski definition) is 4. The molecule has 1 N–H and O–H groups in total. The number of thioether (sulfide) groups is 1. The van der Waals surface area contributed by atoms with E-state index < -0.39 is 0 Å². The topological polar surface area (TPSA) is 55.2 Å². The molecule has 110 valence electrons. The molecule has 1 aliphatic rings. The van der Waals surface area contributed by atoms with E-state index >= 15 is 0 Å². The van der Waals surface area contributed by atoms with E-state index in [4.69, 9.17) is 0 Å². The summed E-state index contributed by atoms with van der Waals surface area (Å²) in [5.74, 6) is 1.12. The van der Waals surface area contributed by atoms with Crippen molar-refractivity contribution in [2.45, 2.75) is 44.0 Å². The average Bonchev–Trinajstić information content (AvgIpc) is 2.84. The maximum Gasteiger partial charge on any atom is 0.273 e. The molecule has 0 spiro atoms. The van der Waals surface area contributed by atoms with Crippen molar-refractivity contribution in [2.75, 3.05) is 5.75 Å². The largest absolute Gasteiger partial charge is 0.309 e. The smallest absolute Gasteiger partial charge is 0.273 e. The van der Waals surface area contributed by atoms with Crippen molar-refractivity contribution in [2.24, 2.45) is 0 Å². The highest BCUT2D eigenvalue weighted by atomic mass is 79.9. The zero-order valence-corrected chi connectivity index (χ0v) is 13.9. The highest BCUT2D eigenvalue weighted by molar-refractivity contribution is 9.10. The van der Waals surface area contributed by atoms with Gasteiger partial charge in [-0.15, -0.1) is 0 Å². The number of nitrogens with one attached hydrogen (secondary N) is 1. The van der Waals surface area contributed by atoms with Crippen LogP contribution in [-0.2, 0) is 6.54 Å². The van der Waals surface area contributed by atoms with Gasteiger partial charge in [-0.1, -0.05) is 29.3 Å². The van der Waals surface area contributed by atoms with Crippen molar-refractivity contribution in [3.8, 4) is 0 Å². The van der Waals surface area contributed by atoms with Crippen molar-refractivity contribution in [1.82, 2.24) is 5.32 Å². The quantitative estimate of drug-likeness (QED) is 0.613. The van der Waals surface area contributed by atoms with Crippen LogP contribution in [0.4, 0.5) is 5.69 Å². The molecule has 2 atom stereocenters. The van der Waals surface area contributed by atoms with Crippen LogP contribution in [0.1, 0.15) is 31.7 Å². The molecular formula is C14H19BrN2O2S. The van der Waals surface area contributed by atoms with Crippen molar-refractivity contribution in [1.29, 1.82) is 0 Å². The number of halogens is 1. The van der Waals surface area contributed by atoms with Gasteiger partial charge in [-0.25, -0.2) is 0 Å². The minimum atomic E-state index is -0.309. The Morgan fingerprint density at radius 3 is 3.00 bits per heavy atom. The van der Waals surface area contributed by atoms with E-state index in [-0.39, 0.29) is 10.6 Å². The van der Waals surface area contributed by atoms with Crippen LogP contribution < -0.4 is 5.32 Å². The highest BCUT2D eigenvalue weighted by Gasteiger charge is 2.27. The summed E-state index contributed by atoms with van der Waals surface area (Å²) in [5.41, 5.74) is 0.940. The predicted molar refractivity (Wildman–Crippen MR) is 87.2 cm³/mol. The molecule has 2 rings (SSSR count). The van der Waals surface area contributed by atoms with Gasteiger partial charge in [0.1, 0.15) is 0 Å². The number of benzene rings is 1. The molecule has 4 nitrogen and oxygen atoms in total. The molecule has 0 heterocycles. The lowest BCUT2D eigenvalue weighted by molar-refractivity contribution is -0.385. The monoisotopic (exact) mass is 358 g/mol. The predicted octanol–water partition coefficient (Wildman–Crippen LogP) is 4.12. The summed E-state index contributed by atoms with van der Waals surface area (Å²) in [6.45, 7) is 2.74. The molecule has 1 aromatic rings. The summed E-state index contributed by atoms with van der Waals surface area (Å²) in [7, 11) is 0. The van der Waals surface area contributed by atoms with Crippen LogP contribution in [0.2, 0.25) is 0 Å². The molecule has 1 saturated carbocycles. The minimum Gasteiger partial charge on any atom is -0.309 e. The molecule has 6 heteroatoms.